The van der Waals surface area contributed by atoms with Crippen LogP contribution in [0.4, 0.5) is 5.82 Å². The van der Waals surface area contributed by atoms with Gasteiger partial charge in [0.2, 0.25) is 0 Å². The van der Waals surface area contributed by atoms with E-state index >= 15 is 0 Å². The van der Waals surface area contributed by atoms with Crippen molar-refractivity contribution in [1.29, 1.82) is 0 Å². The number of para-hydroxylation sites is 2. The van der Waals surface area contributed by atoms with E-state index in [4.69, 9.17) is 6.42 Å². The van der Waals surface area contributed by atoms with Gasteiger partial charge in [-0.15, -0.1) is 6.42 Å². The number of hydrogen-bond acceptors (Lipinski definition) is 4. The second kappa shape index (κ2) is 8.17. The van der Waals surface area contributed by atoms with Gasteiger partial charge >= 0.3 is 0 Å². The average molecular weight is 347 g/mol. The largest absolute Gasteiger partial charge is 0.370 e. The van der Waals surface area contributed by atoms with Crippen LogP contribution in [0.2, 0.25) is 0 Å². The first-order chi connectivity index (χ1) is 12.7. The minimum absolute atomic E-state index is 0.209. The van der Waals surface area contributed by atoms with E-state index in [-0.39, 0.29) is 12.5 Å². The summed E-state index contributed by atoms with van der Waals surface area (Å²) < 4.78 is 2.14. The highest BCUT2D eigenvalue weighted by molar-refractivity contribution is 5.94. The monoisotopic (exact) mass is 347 g/mol. The maximum absolute atomic E-state index is 11.8. The van der Waals surface area contributed by atoms with Crippen LogP contribution in [0.25, 0.3) is 11.0 Å². The lowest BCUT2D eigenvalue weighted by Gasteiger charge is -2.07. The lowest BCUT2D eigenvalue weighted by Crippen LogP contribution is -2.23. The Hall–Kier alpha value is -3.33. The number of anilines is 1. The molecule has 0 fully saturated rings. The van der Waals surface area contributed by atoms with Crippen LogP contribution in [-0.2, 0) is 13.5 Å². The number of terminal acetylenes is 1. The lowest BCUT2D eigenvalue weighted by atomic mass is 10.2. The number of imidazole rings is 1. The molecule has 1 aromatic carbocycles. The second-order valence-electron chi connectivity index (χ2n) is 5.93. The Morgan fingerprint density at radius 3 is 2.85 bits per heavy atom. The van der Waals surface area contributed by atoms with E-state index in [2.05, 4.69) is 37.2 Å². The summed E-state index contributed by atoms with van der Waals surface area (Å²) in [6, 6.07) is 11.7. The molecule has 0 aliphatic carbocycles. The molecular weight excluding hydrogens is 326 g/mol. The molecule has 0 unspecified atom stereocenters. The minimum Gasteiger partial charge on any atom is -0.370 e. The Morgan fingerprint density at radius 2 is 2.12 bits per heavy atom. The standard InChI is InChI=1S/C20H21N5O/c1-3-12-22-20(26)15-10-11-18(23-14-15)21-13-6-9-19-24-16-7-4-5-8-17(16)25(19)2/h1,4-5,7-8,10-11,14H,6,9,12-13H2,2H3,(H,21,23)(H,22,26). The van der Waals surface area contributed by atoms with E-state index in [1.807, 2.05) is 25.2 Å². The molecule has 0 saturated carbocycles. The molecule has 1 amide bonds. The second-order valence-corrected chi connectivity index (χ2v) is 5.93. The third kappa shape index (κ3) is 4.01. The number of carbonyl (C=O) groups excluding carboxylic acids is 1. The first-order valence-electron chi connectivity index (χ1n) is 8.51. The molecular formula is C20H21N5O. The Balaban J connectivity index is 1.49. The smallest absolute Gasteiger partial charge is 0.253 e. The molecule has 26 heavy (non-hydrogen) atoms. The van der Waals surface area contributed by atoms with Crippen LogP contribution in [-0.4, -0.2) is 33.5 Å². The van der Waals surface area contributed by atoms with Crippen LogP contribution < -0.4 is 10.6 Å². The maximum atomic E-state index is 11.8. The van der Waals surface area contributed by atoms with Crippen LogP contribution >= 0.6 is 0 Å². The van der Waals surface area contributed by atoms with E-state index in [1.165, 1.54) is 0 Å². The van der Waals surface area contributed by atoms with Crippen LogP contribution in [0.1, 0.15) is 22.6 Å². The molecule has 3 aromatic rings. The lowest BCUT2D eigenvalue weighted by molar-refractivity contribution is 0.0958. The number of aromatic nitrogens is 3. The van der Waals surface area contributed by atoms with Gasteiger partial charge in [0.05, 0.1) is 23.1 Å². The van der Waals surface area contributed by atoms with Gasteiger partial charge in [0.15, 0.2) is 0 Å². The Morgan fingerprint density at radius 1 is 1.27 bits per heavy atom. The van der Waals surface area contributed by atoms with Gasteiger partial charge in [-0.2, -0.15) is 0 Å². The molecule has 2 heterocycles. The summed E-state index contributed by atoms with van der Waals surface area (Å²) in [7, 11) is 2.05. The number of hydrogen-bond donors (Lipinski definition) is 2. The molecule has 6 heteroatoms. The summed E-state index contributed by atoms with van der Waals surface area (Å²) in [6.45, 7) is 0.986. The van der Waals surface area contributed by atoms with Crippen molar-refractivity contribution in [3.8, 4) is 12.3 Å². The molecule has 0 aliphatic rings. The third-order valence-corrected chi connectivity index (χ3v) is 4.14. The Kier molecular flexibility index (Phi) is 5.49. The van der Waals surface area contributed by atoms with Crippen molar-refractivity contribution in [3.05, 3.63) is 54.0 Å². The van der Waals surface area contributed by atoms with Crippen LogP contribution in [0.15, 0.2) is 42.6 Å². The number of carbonyl (C=O) groups is 1. The third-order valence-electron chi connectivity index (χ3n) is 4.14. The van der Waals surface area contributed by atoms with Gasteiger partial charge < -0.3 is 15.2 Å². The van der Waals surface area contributed by atoms with E-state index < -0.39 is 0 Å². The topological polar surface area (TPSA) is 71.8 Å². The SMILES string of the molecule is C#CCNC(=O)c1ccc(NCCCc2nc3ccccc3n2C)nc1. The van der Waals surface area contributed by atoms with Crippen molar-refractivity contribution in [1.82, 2.24) is 19.9 Å². The first-order valence-corrected chi connectivity index (χ1v) is 8.51. The molecule has 0 atom stereocenters. The van der Waals surface area contributed by atoms with E-state index in [1.54, 1.807) is 18.3 Å². The number of fused-ring (bicyclic) bond motifs is 1. The number of benzene rings is 1. The highest BCUT2D eigenvalue weighted by atomic mass is 16.1. The van der Waals surface area contributed by atoms with E-state index in [0.717, 1.165) is 42.1 Å². The number of pyridine rings is 1. The van der Waals surface area contributed by atoms with Crippen molar-refractivity contribution in [2.75, 3.05) is 18.4 Å². The van der Waals surface area contributed by atoms with Crippen molar-refractivity contribution < 1.29 is 4.79 Å². The highest BCUT2D eigenvalue weighted by Gasteiger charge is 2.07. The van der Waals surface area contributed by atoms with Gasteiger partial charge in [-0.1, -0.05) is 18.1 Å². The number of rotatable bonds is 7. The van der Waals surface area contributed by atoms with Crippen LogP contribution in [0, 0.1) is 12.3 Å². The zero-order valence-electron chi connectivity index (χ0n) is 14.7. The average Bonchev–Trinajstić information content (AvgIpc) is 3.00. The summed E-state index contributed by atoms with van der Waals surface area (Å²) in [5.41, 5.74) is 2.67. The summed E-state index contributed by atoms with van der Waals surface area (Å²) in [5, 5.41) is 5.88. The number of nitrogens with one attached hydrogen (secondary N) is 2. The summed E-state index contributed by atoms with van der Waals surface area (Å²) in [4.78, 5) is 20.7. The zero-order chi connectivity index (χ0) is 18.4. The Bertz CT molecular complexity index is 937. The zero-order valence-corrected chi connectivity index (χ0v) is 14.7. The normalized spacial score (nSPS) is 10.5. The van der Waals surface area contributed by atoms with Crippen molar-refractivity contribution in [2.24, 2.45) is 7.05 Å². The fourth-order valence-corrected chi connectivity index (χ4v) is 2.75. The van der Waals surface area contributed by atoms with E-state index in [0.29, 0.717) is 5.56 Å². The van der Waals surface area contributed by atoms with Crippen molar-refractivity contribution >= 4 is 22.8 Å². The molecule has 2 N–H and O–H groups in total. The molecule has 3 rings (SSSR count). The molecule has 0 spiro atoms. The van der Waals surface area contributed by atoms with Gasteiger partial charge in [0.1, 0.15) is 11.6 Å². The molecule has 0 saturated heterocycles. The molecule has 6 nitrogen and oxygen atoms in total. The number of aryl methyl sites for hydroxylation is 2. The van der Waals surface area contributed by atoms with E-state index in [9.17, 15) is 4.79 Å². The fourth-order valence-electron chi connectivity index (χ4n) is 2.75. The molecule has 0 aliphatic heterocycles. The molecule has 2 aromatic heterocycles. The van der Waals surface area contributed by atoms with Crippen molar-refractivity contribution in [2.45, 2.75) is 12.8 Å². The van der Waals surface area contributed by atoms with Crippen molar-refractivity contribution in [3.63, 3.8) is 0 Å². The summed E-state index contributed by atoms with van der Waals surface area (Å²) >= 11 is 0. The quantitative estimate of drug-likeness (QED) is 0.508. The summed E-state index contributed by atoms with van der Waals surface area (Å²) in [5.74, 6) is 3.96. The van der Waals surface area contributed by atoms with Crippen LogP contribution in [0.5, 0.6) is 0 Å². The van der Waals surface area contributed by atoms with Gasteiger partial charge in [0.25, 0.3) is 5.91 Å². The van der Waals surface area contributed by atoms with Crippen LogP contribution in [0.3, 0.4) is 0 Å². The molecule has 0 radical (unpaired) electrons. The number of amides is 1. The van der Waals surface area contributed by atoms with Gasteiger partial charge in [-0.25, -0.2) is 9.97 Å². The highest BCUT2D eigenvalue weighted by Crippen LogP contribution is 2.15. The summed E-state index contributed by atoms with van der Waals surface area (Å²) in [6.07, 6.45) is 8.48. The molecule has 0 bridgehead atoms. The van der Waals surface area contributed by atoms with Gasteiger partial charge in [-0.3, -0.25) is 4.79 Å². The minimum atomic E-state index is -0.219. The predicted molar refractivity (Wildman–Crippen MR) is 103 cm³/mol. The van der Waals surface area contributed by atoms with Gasteiger partial charge in [0, 0.05) is 26.2 Å². The first kappa shape index (κ1) is 17.5. The molecule has 132 valence electrons. The maximum Gasteiger partial charge on any atom is 0.253 e. The Labute approximate surface area is 152 Å². The van der Waals surface area contributed by atoms with Gasteiger partial charge in [-0.05, 0) is 30.7 Å². The number of nitrogens with zero attached hydrogens (tertiary/aromatic N) is 3. The predicted octanol–water partition coefficient (Wildman–Crippen LogP) is 2.38. The fraction of sp³-hybridized carbons (Fsp3) is 0.250.